The van der Waals surface area contributed by atoms with E-state index in [2.05, 4.69) is 10.2 Å². The molecule has 14 heavy (non-hydrogen) atoms. The van der Waals surface area contributed by atoms with Crippen molar-refractivity contribution in [1.82, 2.24) is 15.0 Å². The van der Waals surface area contributed by atoms with Crippen LogP contribution in [0.5, 0.6) is 0 Å². The van der Waals surface area contributed by atoms with E-state index in [1.807, 2.05) is 24.3 Å². The van der Waals surface area contributed by atoms with Crippen molar-refractivity contribution in [3.63, 3.8) is 0 Å². The highest BCUT2D eigenvalue weighted by atomic mass is 16.1. The Balaban J connectivity index is 2.50. The lowest BCUT2D eigenvalue weighted by molar-refractivity contribution is -0.120. The van der Waals surface area contributed by atoms with Crippen LogP contribution in [-0.2, 0) is 4.79 Å². The van der Waals surface area contributed by atoms with Crippen LogP contribution in [0.15, 0.2) is 24.3 Å². The smallest absolute Gasteiger partial charge is 0.155 e. The molecule has 0 saturated carbocycles. The van der Waals surface area contributed by atoms with Crippen LogP contribution in [0, 0.1) is 0 Å². The lowest BCUT2D eigenvalue weighted by atomic mass is 10.2. The molecule has 0 fully saturated rings. The number of hydrogen-bond donors (Lipinski definition) is 0. The van der Waals surface area contributed by atoms with Crippen LogP contribution < -0.4 is 0 Å². The second kappa shape index (κ2) is 3.21. The Kier molecular flexibility index (Phi) is 2.04. The lowest BCUT2D eigenvalue weighted by Crippen LogP contribution is -2.15. The van der Waals surface area contributed by atoms with Gasteiger partial charge in [0.25, 0.3) is 0 Å². The largest absolute Gasteiger partial charge is 0.298 e. The Morgan fingerprint density at radius 1 is 1.29 bits per heavy atom. The molecule has 0 amide bonds. The fraction of sp³-hybridized carbons (Fsp3) is 0.300. The molecule has 1 unspecified atom stereocenters. The maximum atomic E-state index is 11.1. The SMILES string of the molecule is CC(=O)C(C)n1nc2ccccc2n1. The number of fused-ring (bicyclic) bond motifs is 1. The number of nitrogens with zero attached hydrogens (tertiary/aromatic N) is 3. The molecule has 0 saturated heterocycles. The number of hydrogen-bond acceptors (Lipinski definition) is 3. The van der Waals surface area contributed by atoms with Crippen LogP contribution in [0.25, 0.3) is 11.0 Å². The van der Waals surface area contributed by atoms with Crippen molar-refractivity contribution >= 4 is 16.8 Å². The van der Waals surface area contributed by atoms with E-state index in [0.717, 1.165) is 11.0 Å². The first kappa shape index (κ1) is 8.87. The van der Waals surface area contributed by atoms with E-state index in [4.69, 9.17) is 0 Å². The molecule has 1 heterocycles. The Morgan fingerprint density at radius 2 is 1.79 bits per heavy atom. The highest BCUT2D eigenvalue weighted by molar-refractivity contribution is 5.80. The Hall–Kier alpha value is -1.71. The molecule has 0 aliphatic carbocycles. The zero-order valence-electron chi connectivity index (χ0n) is 8.14. The molecule has 0 aliphatic heterocycles. The molecule has 0 N–H and O–H groups in total. The summed E-state index contributed by atoms with van der Waals surface area (Å²) in [5, 5.41) is 8.44. The van der Waals surface area contributed by atoms with Gasteiger partial charge < -0.3 is 0 Å². The molecule has 1 atom stereocenters. The van der Waals surface area contributed by atoms with E-state index >= 15 is 0 Å². The first-order valence-electron chi connectivity index (χ1n) is 4.50. The molecule has 0 aliphatic rings. The molecule has 0 radical (unpaired) electrons. The fourth-order valence-corrected chi connectivity index (χ4v) is 1.21. The topological polar surface area (TPSA) is 47.8 Å². The summed E-state index contributed by atoms with van der Waals surface area (Å²) in [5.74, 6) is 0.0605. The van der Waals surface area contributed by atoms with Crippen molar-refractivity contribution in [2.24, 2.45) is 0 Å². The van der Waals surface area contributed by atoms with E-state index in [9.17, 15) is 4.79 Å². The molecule has 4 nitrogen and oxygen atoms in total. The fourth-order valence-electron chi connectivity index (χ4n) is 1.21. The van der Waals surface area contributed by atoms with Gasteiger partial charge in [-0.15, -0.1) is 0 Å². The molecule has 2 aromatic rings. The van der Waals surface area contributed by atoms with Crippen molar-refractivity contribution < 1.29 is 4.79 Å². The molecule has 0 spiro atoms. The van der Waals surface area contributed by atoms with Crippen molar-refractivity contribution in [3.8, 4) is 0 Å². The maximum Gasteiger partial charge on any atom is 0.155 e. The van der Waals surface area contributed by atoms with Gasteiger partial charge in [0, 0.05) is 0 Å². The monoisotopic (exact) mass is 189 g/mol. The number of Topliss-reactive ketones (excluding diaryl/α,β-unsaturated/α-hetero) is 1. The van der Waals surface area contributed by atoms with Crippen LogP contribution in [0.3, 0.4) is 0 Å². The minimum Gasteiger partial charge on any atom is -0.298 e. The average Bonchev–Trinajstić information content (AvgIpc) is 2.59. The maximum absolute atomic E-state index is 11.1. The number of benzene rings is 1. The van der Waals surface area contributed by atoms with E-state index in [0.29, 0.717) is 0 Å². The predicted octanol–water partition coefficient (Wildman–Crippen LogP) is 1.58. The van der Waals surface area contributed by atoms with Gasteiger partial charge in [-0.2, -0.15) is 15.0 Å². The van der Waals surface area contributed by atoms with Crippen LogP contribution in [0.1, 0.15) is 19.9 Å². The van der Waals surface area contributed by atoms with Gasteiger partial charge in [0.05, 0.1) is 0 Å². The van der Waals surface area contributed by atoms with Gasteiger partial charge in [0.1, 0.15) is 17.1 Å². The second-order valence-electron chi connectivity index (χ2n) is 3.30. The first-order chi connectivity index (χ1) is 6.68. The third-order valence-corrected chi connectivity index (χ3v) is 2.24. The predicted molar refractivity (Wildman–Crippen MR) is 52.9 cm³/mol. The van der Waals surface area contributed by atoms with Gasteiger partial charge in [0.15, 0.2) is 5.78 Å². The summed E-state index contributed by atoms with van der Waals surface area (Å²) in [4.78, 5) is 12.6. The Labute approximate surface area is 81.5 Å². The molecule has 1 aromatic heterocycles. The van der Waals surface area contributed by atoms with E-state index in [-0.39, 0.29) is 11.8 Å². The molecular weight excluding hydrogens is 178 g/mol. The van der Waals surface area contributed by atoms with Gasteiger partial charge in [-0.25, -0.2) is 0 Å². The van der Waals surface area contributed by atoms with Gasteiger partial charge in [-0.05, 0) is 26.0 Å². The summed E-state index contributed by atoms with van der Waals surface area (Å²) >= 11 is 0. The summed E-state index contributed by atoms with van der Waals surface area (Å²) in [6.07, 6.45) is 0. The second-order valence-corrected chi connectivity index (χ2v) is 3.30. The van der Waals surface area contributed by atoms with E-state index in [1.54, 1.807) is 13.8 Å². The number of aromatic nitrogens is 3. The van der Waals surface area contributed by atoms with E-state index < -0.39 is 0 Å². The Bertz CT molecular complexity index is 442. The zero-order valence-corrected chi connectivity index (χ0v) is 8.14. The standard InChI is InChI=1S/C10H11N3O/c1-7(8(2)14)13-11-9-5-3-4-6-10(9)12-13/h3-7H,1-2H3. The van der Waals surface area contributed by atoms with Crippen LogP contribution >= 0.6 is 0 Å². The highest BCUT2D eigenvalue weighted by Gasteiger charge is 2.12. The summed E-state index contributed by atoms with van der Waals surface area (Å²) in [6, 6.07) is 7.28. The number of rotatable bonds is 2. The van der Waals surface area contributed by atoms with Crippen molar-refractivity contribution in [3.05, 3.63) is 24.3 Å². The van der Waals surface area contributed by atoms with Gasteiger partial charge in [-0.3, -0.25) is 4.79 Å². The van der Waals surface area contributed by atoms with Gasteiger partial charge in [-0.1, -0.05) is 12.1 Å². The van der Waals surface area contributed by atoms with Gasteiger partial charge >= 0.3 is 0 Å². The number of carbonyl (C=O) groups excluding carboxylic acids is 1. The highest BCUT2D eigenvalue weighted by Crippen LogP contribution is 2.11. The summed E-state index contributed by atoms with van der Waals surface area (Å²) < 4.78 is 0. The lowest BCUT2D eigenvalue weighted by Gasteiger charge is -2.04. The molecular formula is C10H11N3O. The minimum atomic E-state index is -0.289. The van der Waals surface area contributed by atoms with Crippen LogP contribution in [-0.4, -0.2) is 20.8 Å². The van der Waals surface area contributed by atoms with E-state index in [1.165, 1.54) is 4.80 Å². The van der Waals surface area contributed by atoms with Crippen molar-refractivity contribution in [2.45, 2.75) is 19.9 Å². The van der Waals surface area contributed by atoms with Gasteiger partial charge in [0.2, 0.25) is 0 Å². The molecule has 72 valence electrons. The average molecular weight is 189 g/mol. The minimum absolute atomic E-state index is 0.0605. The molecule has 4 heteroatoms. The van der Waals surface area contributed by atoms with Crippen LogP contribution in [0.4, 0.5) is 0 Å². The van der Waals surface area contributed by atoms with Crippen molar-refractivity contribution in [2.75, 3.05) is 0 Å². The Morgan fingerprint density at radius 3 is 2.21 bits per heavy atom. The molecule has 2 rings (SSSR count). The third-order valence-electron chi connectivity index (χ3n) is 2.24. The zero-order chi connectivity index (χ0) is 10.1. The summed E-state index contributed by atoms with van der Waals surface area (Å²) in [7, 11) is 0. The normalized spacial score (nSPS) is 13.0. The quantitative estimate of drug-likeness (QED) is 0.720. The summed E-state index contributed by atoms with van der Waals surface area (Å²) in [6.45, 7) is 3.33. The number of carbonyl (C=O) groups is 1. The van der Waals surface area contributed by atoms with Crippen LogP contribution in [0.2, 0.25) is 0 Å². The third kappa shape index (κ3) is 1.39. The number of ketones is 1. The molecule has 0 bridgehead atoms. The first-order valence-corrected chi connectivity index (χ1v) is 4.50. The molecule has 1 aromatic carbocycles. The summed E-state index contributed by atoms with van der Waals surface area (Å²) in [5.41, 5.74) is 1.64. The van der Waals surface area contributed by atoms with Crippen molar-refractivity contribution in [1.29, 1.82) is 0 Å².